The van der Waals surface area contributed by atoms with E-state index in [1.165, 1.54) is 24.3 Å². The molecule has 2 rings (SSSR count). The second kappa shape index (κ2) is 7.13. The first kappa shape index (κ1) is 16.8. The van der Waals surface area contributed by atoms with Gasteiger partial charge in [0.25, 0.3) is 0 Å². The summed E-state index contributed by atoms with van der Waals surface area (Å²) >= 11 is 11.5. The standard InChI is InChI=1S/C15H13Cl2NO3S/c16-12-3-1-11(2-4-12)9-18-15(19)10-22(20,21)14-7-5-13(17)6-8-14/h1-8H,9-10H2,(H,18,19). The Balaban J connectivity index is 1.96. The summed E-state index contributed by atoms with van der Waals surface area (Å²) < 4.78 is 24.2. The first-order chi connectivity index (χ1) is 10.4. The van der Waals surface area contributed by atoms with E-state index in [4.69, 9.17) is 23.2 Å². The van der Waals surface area contributed by atoms with Crippen LogP contribution in [-0.4, -0.2) is 20.1 Å². The molecule has 0 saturated heterocycles. The lowest BCUT2D eigenvalue weighted by Crippen LogP contribution is -2.29. The van der Waals surface area contributed by atoms with Crippen LogP contribution >= 0.6 is 23.2 Å². The van der Waals surface area contributed by atoms with Crippen molar-refractivity contribution in [2.75, 3.05) is 5.75 Å². The average molecular weight is 358 g/mol. The zero-order chi connectivity index (χ0) is 16.2. The summed E-state index contributed by atoms with van der Waals surface area (Å²) in [4.78, 5) is 11.9. The number of amides is 1. The number of sulfone groups is 1. The number of carbonyl (C=O) groups excluding carboxylic acids is 1. The monoisotopic (exact) mass is 357 g/mol. The molecule has 0 aromatic heterocycles. The third kappa shape index (κ3) is 4.73. The summed E-state index contributed by atoms with van der Waals surface area (Å²) in [5.41, 5.74) is 0.835. The molecule has 116 valence electrons. The first-order valence-electron chi connectivity index (χ1n) is 6.36. The van der Waals surface area contributed by atoms with Crippen LogP contribution in [0, 0.1) is 0 Å². The number of nitrogens with one attached hydrogen (secondary N) is 1. The Labute approximate surface area is 139 Å². The summed E-state index contributed by atoms with van der Waals surface area (Å²) in [5, 5.41) is 3.60. The van der Waals surface area contributed by atoms with Crippen LogP contribution in [0.1, 0.15) is 5.56 Å². The van der Waals surface area contributed by atoms with Gasteiger partial charge in [-0.3, -0.25) is 4.79 Å². The van der Waals surface area contributed by atoms with Crippen molar-refractivity contribution in [3.05, 3.63) is 64.1 Å². The maximum Gasteiger partial charge on any atom is 0.235 e. The molecule has 1 amide bonds. The molecule has 1 N–H and O–H groups in total. The number of hydrogen-bond acceptors (Lipinski definition) is 3. The Morgan fingerprint density at radius 2 is 1.41 bits per heavy atom. The van der Waals surface area contributed by atoms with Crippen LogP contribution in [0.5, 0.6) is 0 Å². The third-order valence-electron chi connectivity index (χ3n) is 2.90. The lowest BCUT2D eigenvalue weighted by Gasteiger charge is -2.07. The maximum atomic E-state index is 12.1. The van der Waals surface area contributed by atoms with E-state index >= 15 is 0 Å². The number of hydrogen-bond donors (Lipinski definition) is 1. The van der Waals surface area contributed by atoms with Crippen LogP contribution in [0.15, 0.2) is 53.4 Å². The number of rotatable bonds is 5. The summed E-state index contributed by atoms with van der Waals surface area (Å²) in [7, 11) is -3.68. The Morgan fingerprint density at radius 1 is 0.909 bits per heavy atom. The van der Waals surface area contributed by atoms with Crippen LogP contribution in [0.2, 0.25) is 10.0 Å². The molecule has 0 fully saturated rings. The van der Waals surface area contributed by atoms with E-state index < -0.39 is 21.5 Å². The van der Waals surface area contributed by atoms with E-state index in [9.17, 15) is 13.2 Å². The summed E-state index contributed by atoms with van der Waals surface area (Å²) in [6.07, 6.45) is 0. The minimum absolute atomic E-state index is 0.0681. The lowest BCUT2D eigenvalue weighted by molar-refractivity contribution is -0.118. The molecule has 0 unspecified atom stereocenters. The number of carbonyl (C=O) groups is 1. The van der Waals surface area contributed by atoms with E-state index in [0.29, 0.717) is 10.0 Å². The Morgan fingerprint density at radius 3 is 1.95 bits per heavy atom. The maximum absolute atomic E-state index is 12.1. The molecule has 0 bridgehead atoms. The van der Waals surface area contributed by atoms with Crippen LogP contribution in [0.3, 0.4) is 0 Å². The molecule has 0 heterocycles. The van der Waals surface area contributed by atoms with Crippen LogP contribution in [-0.2, 0) is 21.2 Å². The lowest BCUT2D eigenvalue weighted by atomic mass is 10.2. The minimum atomic E-state index is -3.68. The van der Waals surface area contributed by atoms with Gasteiger partial charge in [-0.2, -0.15) is 0 Å². The molecule has 0 aliphatic rings. The van der Waals surface area contributed by atoms with Crippen LogP contribution in [0.4, 0.5) is 0 Å². The van der Waals surface area contributed by atoms with E-state index in [1.54, 1.807) is 24.3 Å². The van der Waals surface area contributed by atoms with Gasteiger partial charge in [0.05, 0.1) is 4.90 Å². The van der Waals surface area contributed by atoms with Crippen LogP contribution in [0.25, 0.3) is 0 Å². The van der Waals surface area contributed by atoms with Crippen LogP contribution < -0.4 is 5.32 Å². The van der Waals surface area contributed by atoms with E-state index in [2.05, 4.69) is 5.32 Å². The van der Waals surface area contributed by atoms with Gasteiger partial charge in [0, 0.05) is 16.6 Å². The van der Waals surface area contributed by atoms with Crippen molar-refractivity contribution >= 4 is 38.9 Å². The largest absolute Gasteiger partial charge is 0.351 e. The summed E-state index contributed by atoms with van der Waals surface area (Å²) in [6.45, 7) is 0.242. The quantitative estimate of drug-likeness (QED) is 0.894. The van der Waals surface area contributed by atoms with Gasteiger partial charge >= 0.3 is 0 Å². The topological polar surface area (TPSA) is 63.2 Å². The average Bonchev–Trinajstić information content (AvgIpc) is 2.46. The van der Waals surface area contributed by atoms with Gasteiger partial charge in [-0.15, -0.1) is 0 Å². The predicted octanol–water partition coefficient (Wildman–Crippen LogP) is 3.08. The third-order valence-corrected chi connectivity index (χ3v) is 5.03. The van der Waals surface area contributed by atoms with E-state index in [0.717, 1.165) is 5.56 Å². The molecule has 22 heavy (non-hydrogen) atoms. The highest BCUT2D eigenvalue weighted by Crippen LogP contribution is 2.15. The predicted molar refractivity (Wildman–Crippen MR) is 86.8 cm³/mol. The summed E-state index contributed by atoms with van der Waals surface area (Å²) in [6, 6.07) is 12.6. The Kier molecular flexibility index (Phi) is 5.45. The molecule has 0 spiro atoms. The van der Waals surface area contributed by atoms with E-state index in [-0.39, 0.29) is 11.4 Å². The van der Waals surface area contributed by atoms with Crippen molar-refractivity contribution in [1.29, 1.82) is 0 Å². The first-order valence-corrected chi connectivity index (χ1v) is 8.77. The Bertz CT molecular complexity index is 756. The van der Waals surface area contributed by atoms with Crippen molar-refractivity contribution in [1.82, 2.24) is 5.32 Å². The highest BCUT2D eigenvalue weighted by atomic mass is 35.5. The molecule has 4 nitrogen and oxygen atoms in total. The fraction of sp³-hybridized carbons (Fsp3) is 0.133. The fourth-order valence-electron chi connectivity index (χ4n) is 1.75. The van der Waals surface area contributed by atoms with Gasteiger partial charge in [0.2, 0.25) is 5.91 Å². The molecular formula is C15H13Cl2NO3S. The molecular weight excluding hydrogens is 345 g/mol. The van der Waals surface area contributed by atoms with Crippen molar-refractivity contribution in [3.63, 3.8) is 0 Å². The fourth-order valence-corrected chi connectivity index (χ4v) is 3.17. The molecule has 2 aromatic carbocycles. The molecule has 0 saturated carbocycles. The minimum Gasteiger partial charge on any atom is -0.351 e. The molecule has 7 heteroatoms. The second-order valence-electron chi connectivity index (χ2n) is 4.62. The zero-order valence-corrected chi connectivity index (χ0v) is 13.8. The van der Waals surface area contributed by atoms with Gasteiger partial charge < -0.3 is 5.32 Å². The van der Waals surface area contributed by atoms with Gasteiger partial charge in [-0.05, 0) is 42.0 Å². The van der Waals surface area contributed by atoms with Crippen molar-refractivity contribution in [2.24, 2.45) is 0 Å². The molecule has 0 aliphatic carbocycles. The molecule has 0 aliphatic heterocycles. The summed E-state index contributed by atoms with van der Waals surface area (Å²) in [5.74, 6) is -1.17. The molecule has 0 atom stereocenters. The number of halogens is 2. The smallest absolute Gasteiger partial charge is 0.235 e. The highest BCUT2D eigenvalue weighted by molar-refractivity contribution is 7.92. The van der Waals surface area contributed by atoms with Gasteiger partial charge in [0.15, 0.2) is 9.84 Å². The molecule has 0 radical (unpaired) electrons. The second-order valence-corrected chi connectivity index (χ2v) is 7.48. The normalized spacial score (nSPS) is 11.2. The molecule has 2 aromatic rings. The van der Waals surface area contributed by atoms with E-state index in [1.807, 2.05) is 0 Å². The highest BCUT2D eigenvalue weighted by Gasteiger charge is 2.19. The van der Waals surface area contributed by atoms with Crippen molar-refractivity contribution < 1.29 is 13.2 Å². The van der Waals surface area contributed by atoms with Gasteiger partial charge in [-0.1, -0.05) is 35.3 Å². The van der Waals surface area contributed by atoms with Crippen molar-refractivity contribution in [2.45, 2.75) is 11.4 Å². The number of benzene rings is 2. The van der Waals surface area contributed by atoms with Gasteiger partial charge in [0.1, 0.15) is 5.75 Å². The zero-order valence-electron chi connectivity index (χ0n) is 11.4. The Hall–Kier alpha value is -1.56. The SMILES string of the molecule is O=C(CS(=O)(=O)c1ccc(Cl)cc1)NCc1ccc(Cl)cc1. The van der Waals surface area contributed by atoms with Crippen molar-refractivity contribution in [3.8, 4) is 0 Å². The van der Waals surface area contributed by atoms with Gasteiger partial charge in [-0.25, -0.2) is 8.42 Å².